The standard InChI is InChI=1S/C19H21N5O3.ClH/c1-27-17(25)9-3-13-2-8-16(22-12-13)24-11-10-23(19(24)26)15-6-4-14(5-7-15)18(20)21;/h2,4-8,12H,3,9-11H2,1H3,(H3,20,21);1H. The predicted octanol–water partition coefficient (Wildman–Crippen LogP) is 2.34. The van der Waals surface area contributed by atoms with Gasteiger partial charge in [-0.05, 0) is 42.3 Å². The monoisotopic (exact) mass is 403 g/mol. The van der Waals surface area contributed by atoms with Crippen LogP contribution in [0.4, 0.5) is 16.3 Å². The van der Waals surface area contributed by atoms with Crippen LogP contribution in [0.3, 0.4) is 0 Å². The van der Waals surface area contributed by atoms with Crippen molar-refractivity contribution in [3.05, 3.63) is 53.7 Å². The number of ether oxygens (including phenoxy) is 1. The topological polar surface area (TPSA) is 113 Å². The largest absolute Gasteiger partial charge is 0.469 e. The summed E-state index contributed by atoms with van der Waals surface area (Å²) in [4.78, 5) is 31.6. The number of nitrogen functional groups attached to an aromatic ring is 1. The van der Waals surface area contributed by atoms with E-state index in [1.54, 1.807) is 46.3 Å². The van der Waals surface area contributed by atoms with E-state index in [-0.39, 0.29) is 30.2 Å². The molecular formula is C19H22ClN5O3. The Bertz CT molecular complexity index is 855. The lowest BCUT2D eigenvalue weighted by Gasteiger charge is -2.18. The molecule has 8 nitrogen and oxygen atoms in total. The Hall–Kier alpha value is -3.13. The Kier molecular flexibility index (Phi) is 6.94. The minimum absolute atomic E-state index is 0. The van der Waals surface area contributed by atoms with Gasteiger partial charge in [-0.3, -0.25) is 20.0 Å². The number of methoxy groups -OCH3 is 1. The summed E-state index contributed by atoms with van der Waals surface area (Å²) >= 11 is 0. The second kappa shape index (κ2) is 9.18. The first kappa shape index (κ1) is 21.2. The average Bonchev–Trinajstić information content (AvgIpc) is 3.08. The fraction of sp³-hybridized carbons (Fsp3) is 0.263. The fourth-order valence-electron chi connectivity index (χ4n) is 2.88. The molecule has 0 saturated carbocycles. The van der Waals surface area contributed by atoms with E-state index < -0.39 is 0 Å². The molecule has 0 unspecified atom stereocenters. The molecule has 1 aromatic heterocycles. The SMILES string of the molecule is COC(=O)CCc1ccc(N2CCN(c3ccc(C(=N)N)cc3)C2=O)nc1.Cl. The van der Waals surface area contributed by atoms with Crippen LogP contribution in [0.1, 0.15) is 17.5 Å². The number of anilines is 2. The third-order valence-electron chi connectivity index (χ3n) is 4.43. The predicted molar refractivity (Wildman–Crippen MR) is 109 cm³/mol. The quantitative estimate of drug-likeness (QED) is 0.436. The number of urea groups is 1. The lowest BCUT2D eigenvalue weighted by Crippen LogP contribution is -2.32. The maximum Gasteiger partial charge on any atom is 0.330 e. The molecule has 9 heteroatoms. The van der Waals surface area contributed by atoms with Crippen LogP contribution in [0.5, 0.6) is 0 Å². The summed E-state index contributed by atoms with van der Waals surface area (Å²) in [6.45, 7) is 1.08. The zero-order valence-electron chi connectivity index (χ0n) is 15.4. The third kappa shape index (κ3) is 4.58. The number of nitrogens with zero attached hydrogens (tertiary/aromatic N) is 3. The van der Waals surface area contributed by atoms with Crippen LogP contribution in [0.15, 0.2) is 42.6 Å². The highest BCUT2D eigenvalue weighted by Gasteiger charge is 2.31. The number of amidine groups is 1. The molecule has 3 rings (SSSR count). The van der Waals surface area contributed by atoms with Gasteiger partial charge in [-0.15, -0.1) is 12.4 Å². The Morgan fingerprint density at radius 1 is 1.18 bits per heavy atom. The first-order valence-corrected chi connectivity index (χ1v) is 8.55. The smallest absolute Gasteiger partial charge is 0.330 e. The molecule has 0 atom stereocenters. The zero-order chi connectivity index (χ0) is 19.4. The van der Waals surface area contributed by atoms with E-state index in [2.05, 4.69) is 9.72 Å². The summed E-state index contributed by atoms with van der Waals surface area (Å²) < 4.78 is 4.63. The van der Waals surface area contributed by atoms with Crippen molar-refractivity contribution < 1.29 is 14.3 Å². The van der Waals surface area contributed by atoms with Gasteiger partial charge >= 0.3 is 12.0 Å². The van der Waals surface area contributed by atoms with Crippen molar-refractivity contribution in [2.24, 2.45) is 5.73 Å². The molecule has 28 heavy (non-hydrogen) atoms. The van der Waals surface area contributed by atoms with Crippen molar-refractivity contribution in [2.75, 3.05) is 30.0 Å². The number of amides is 2. The van der Waals surface area contributed by atoms with Gasteiger partial charge in [0.1, 0.15) is 11.7 Å². The molecular weight excluding hydrogens is 382 g/mol. The summed E-state index contributed by atoms with van der Waals surface area (Å²) in [6.07, 6.45) is 2.52. The van der Waals surface area contributed by atoms with Crippen LogP contribution in [0, 0.1) is 5.41 Å². The second-order valence-electron chi connectivity index (χ2n) is 6.15. The highest BCUT2D eigenvalue weighted by molar-refractivity contribution is 6.05. The summed E-state index contributed by atoms with van der Waals surface area (Å²) in [5, 5.41) is 7.44. The van der Waals surface area contributed by atoms with Crippen LogP contribution < -0.4 is 15.5 Å². The number of nitrogens with one attached hydrogen (secondary N) is 1. The van der Waals surface area contributed by atoms with Crippen molar-refractivity contribution in [1.82, 2.24) is 4.98 Å². The highest BCUT2D eigenvalue weighted by Crippen LogP contribution is 2.24. The second-order valence-corrected chi connectivity index (χ2v) is 6.15. The van der Waals surface area contributed by atoms with Crippen molar-refractivity contribution >= 4 is 41.7 Å². The Morgan fingerprint density at radius 3 is 2.43 bits per heavy atom. The summed E-state index contributed by atoms with van der Waals surface area (Å²) in [6, 6.07) is 10.5. The van der Waals surface area contributed by atoms with E-state index in [1.807, 2.05) is 6.07 Å². The minimum atomic E-state index is -0.264. The van der Waals surface area contributed by atoms with E-state index in [0.29, 0.717) is 37.3 Å². The van der Waals surface area contributed by atoms with Gasteiger partial charge in [0.2, 0.25) is 0 Å². The number of pyridine rings is 1. The number of esters is 1. The van der Waals surface area contributed by atoms with Gasteiger partial charge in [0, 0.05) is 37.0 Å². The van der Waals surface area contributed by atoms with Crippen LogP contribution in [0.2, 0.25) is 0 Å². The molecule has 0 radical (unpaired) electrons. The third-order valence-corrected chi connectivity index (χ3v) is 4.43. The van der Waals surface area contributed by atoms with E-state index in [0.717, 1.165) is 11.3 Å². The number of halogens is 1. The summed E-state index contributed by atoms with van der Waals surface area (Å²) in [7, 11) is 1.36. The van der Waals surface area contributed by atoms with Gasteiger partial charge in [0.25, 0.3) is 0 Å². The lowest BCUT2D eigenvalue weighted by atomic mass is 10.1. The first-order chi connectivity index (χ1) is 13.0. The maximum atomic E-state index is 12.7. The van der Waals surface area contributed by atoms with Gasteiger partial charge < -0.3 is 10.5 Å². The van der Waals surface area contributed by atoms with Gasteiger partial charge in [-0.1, -0.05) is 6.07 Å². The molecule has 1 aromatic carbocycles. The number of hydrogen-bond acceptors (Lipinski definition) is 5. The van der Waals surface area contributed by atoms with Gasteiger partial charge in [-0.2, -0.15) is 0 Å². The van der Waals surface area contributed by atoms with Gasteiger partial charge in [0.05, 0.1) is 7.11 Å². The molecule has 2 amide bonds. The fourth-order valence-corrected chi connectivity index (χ4v) is 2.88. The number of carbonyl (C=O) groups excluding carboxylic acids is 2. The van der Waals surface area contributed by atoms with Crippen molar-refractivity contribution in [3.63, 3.8) is 0 Å². The minimum Gasteiger partial charge on any atom is -0.469 e. The molecule has 0 bridgehead atoms. The molecule has 148 valence electrons. The number of carbonyl (C=O) groups is 2. The Balaban J connectivity index is 0.00000280. The Labute approximate surface area is 169 Å². The number of aromatic nitrogens is 1. The average molecular weight is 404 g/mol. The van der Waals surface area contributed by atoms with Crippen LogP contribution in [-0.2, 0) is 16.0 Å². The summed E-state index contributed by atoms with van der Waals surface area (Å²) in [5.41, 5.74) is 7.74. The molecule has 3 N–H and O–H groups in total. The van der Waals surface area contributed by atoms with Crippen molar-refractivity contribution in [3.8, 4) is 0 Å². The molecule has 1 saturated heterocycles. The molecule has 1 fully saturated rings. The molecule has 0 aliphatic carbocycles. The molecule has 2 aromatic rings. The van der Waals surface area contributed by atoms with Crippen molar-refractivity contribution in [2.45, 2.75) is 12.8 Å². The maximum absolute atomic E-state index is 12.7. The number of nitrogens with two attached hydrogens (primary N) is 1. The molecule has 1 aliphatic rings. The van der Waals surface area contributed by atoms with Crippen LogP contribution >= 0.6 is 12.4 Å². The number of aryl methyl sites for hydroxylation is 1. The van der Waals surface area contributed by atoms with Crippen LogP contribution in [0.25, 0.3) is 0 Å². The van der Waals surface area contributed by atoms with Crippen LogP contribution in [-0.4, -0.2) is 43.0 Å². The van der Waals surface area contributed by atoms with E-state index in [9.17, 15) is 9.59 Å². The number of rotatable bonds is 6. The highest BCUT2D eigenvalue weighted by atomic mass is 35.5. The summed E-state index contributed by atoms with van der Waals surface area (Å²) in [5.74, 6) is 0.303. The lowest BCUT2D eigenvalue weighted by molar-refractivity contribution is -0.140. The molecule has 1 aliphatic heterocycles. The van der Waals surface area contributed by atoms with E-state index >= 15 is 0 Å². The normalized spacial score (nSPS) is 13.2. The Morgan fingerprint density at radius 2 is 1.86 bits per heavy atom. The van der Waals surface area contributed by atoms with Gasteiger partial charge in [-0.25, -0.2) is 9.78 Å². The van der Waals surface area contributed by atoms with Gasteiger partial charge in [0.15, 0.2) is 0 Å². The first-order valence-electron chi connectivity index (χ1n) is 8.55. The zero-order valence-corrected chi connectivity index (χ0v) is 16.2. The van der Waals surface area contributed by atoms with E-state index in [4.69, 9.17) is 11.1 Å². The molecule has 2 heterocycles. The number of hydrogen-bond donors (Lipinski definition) is 2. The number of benzene rings is 1. The molecule has 0 spiro atoms. The van der Waals surface area contributed by atoms with Crippen molar-refractivity contribution in [1.29, 1.82) is 5.41 Å². The van der Waals surface area contributed by atoms with E-state index in [1.165, 1.54) is 7.11 Å².